The molecule has 0 radical (unpaired) electrons. The van der Waals surface area contributed by atoms with E-state index in [-0.39, 0.29) is 5.91 Å². The molecule has 1 amide bonds. The monoisotopic (exact) mass is 342 g/mol. The lowest BCUT2D eigenvalue weighted by Gasteiger charge is -2.28. The molecule has 0 unspecified atom stereocenters. The third-order valence-corrected chi connectivity index (χ3v) is 4.84. The third-order valence-electron chi connectivity index (χ3n) is 4.84. The second-order valence-electron chi connectivity index (χ2n) is 6.75. The number of amides is 1. The van der Waals surface area contributed by atoms with Crippen molar-refractivity contribution in [3.8, 4) is 0 Å². The Hall–Kier alpha value is -2.91. The van der Waals surface area contributed by atoms with Crippen LogP contribution in [0.2, 0.25) is 0 Å². The number of anilines is 1. The van der Waals surface area contributed by atoms with Gasteiger partial charge in [-0.1, -0.05) is 54.6 Å². The molecule has 3 heteroatoms. The van der Waals surface area contributed by atoms with Crippen LogP contribution in [-0.2, 0) is 19.5 Å². The third kappa shape index (κ3) is 3.84. The molecule has 26 heavy (non-hydrogen) atoms. The van der Waals surface area contributed by atoms with Gasteiger partial charge in [0.05, 0.1) is 0 Å². The van der Waals surface area contributed by atoms with E-state index in [2.05, 4.69) is 40.5 Å². The number of benzene rings is 3. The van der Waals surface area contributed by atoms with Crippen LogP contribution in [0.1, 0.15) is 27.0 Å². The van der Waals surface area contributed by atoms with E-state index in [1.165, 1.54) is 16.7 Å². The Balaban J connectivity index is 1.44. The maximum Gasteiger partial charge on any atom is 0.255 e. The predicted molar refractivity (Wildman–Crippen MR) is 105 cm³/mol. The Morgan fingerprint density at radius 1 is 0.885 bits per heavy atom. The smallest absolute Gasteiger partial charge is 0.255 e. The summed E-state index contributed by atoms with van der Waals surface area (Å²) >= 11 is 0. The van der Waals surface area contributed by atoms with Crippen molar-refractivity contribution in [2.24, 2.45) is 0 Å². The van der Waals surface area contributed by atoms with Crippen LogP contribution in [-0.4, -0.2) is 17.4 Å². The highest BCUT2D eigenvalue weighted by Crippen LogP contribution is 2.20. The van der Waals surface area contributed by atoms with Crippen molar-refractivity contribution in [3.05, 3.63) is 101 Å². The molecule has 0 aromatic heterocycles. The zero-order valence-electron chi connectivity index (χ0n) is 14.7. The van der Waals surface area contributed by atoms with Crippen molar-refractivity contribution < 1.29 is 4.79 Å². The summed E-state index contributed by atoms with van der Waals surface area (Å²) in [5.74, 6) is -0.0676. The number of fused-ring (bicyclic) bond motifs is 1. The highest BCUT2D eigenvalue weighted by molar-refractivity contribution is 6.04. The van der Waals surface area contributed by atoms with Crippen molar-refractivity contribution in [1.82, 2.24) is 4.90 Å². The van der Waals surface area contributed by atoms with Gasteiger partial charge in [0.1, 0.15) is 0 Å². The van der Waals surface area contributed by atoms with Gasteiger partial charge in [0, 0.05) is 30.9 Å². The molecule has 3 aromatic rings. The quantitative estimate of drug-likeness (QED) is 0.757. The molecule has 3 aromatic carbocycles. The van der Waals surface area contributed by atoms with E-state index in [4.69, 9.17) is 0 Å². The van der Waals surface area contributed by atoms with Crippen LogP contribution >= 0.6 is 0 Å². The minimum absolute atomic E-state index is 0.0676. The molecule has 1 N–H and O–H groups in total. The molecule has 130 valence electrons. The molecule has 3 nitrogen and oxygen atoms in total. The zero-order valence-corrected chi connectivity index (χ0v) is 14.7. The Labute approximate surface area is 154 Å². The molecule has 0 bridgehead atoms. The van der Waals surface area contributed by atoms with Crippen molar-refractivity contribution in [2.45, 2.75) is 19.5 Å². The first-order chi connectivity index (χ1) is 12.8. The molecule has 0 aliphatic carbocycles. The highest BCUT2D eigenvalue weighted by atomic mass is 16.1. The van der Waals surface area contributed by atoms with E-state index in [0.29, 0.717) is 5.56 Å². The van der Waals surface area contributed by atoms with E-state index in [1.54, 1.807) is 0 Å². The molecular weight excluding hydrogens is 320 g/mol. The van der Waals surface area contributed by atoms with Gasteiger partial charge >= 0.3 is 0 Å². The van der Waals surface area contributed by atoms with Crippen molar-refractivity contribution in [3.63, 3.8) is 0 Å². The van der Waals surface area contributed by atoms with Crippen molar-refractivity contribution >= 4 is 11.6 Å². The van der Waals surface area contributed by atoms with Crippen LogP contribution in [0, 0.1) is 0 Å². The van der Waals surface area contributed by atoms with E-state index >= 15 is 0 Å². The molecule has 1 aliphatic heterocycles. The minimum Gasteiger partial charge on any atom is -0.322 e. The summed E-state index contributed by atoms with van der Waals surface area (Å²) < 4.78 is 0. The van der Waals surface area contributed by atoms with E-state index in [9.17, 15) is 4.79 Å². The van der Waals surface area contributed by atoms with Gasteiger partial charge in [-0.15, -0.1) is 0 Å². The second kappa shape index (κ2) is 7.54. The zero-order chi connectivity index (χ0) is 17.8. The van der Waals surface area contributed by atoms with E-state index in [1.807, 2.05) is 48.5 Å². The number of hydrogen-bond acceptors (Lipinski definition) is 2. The summed E-state index contributed by atoms with van der Waals surface area (Å²) in [4.78, 5) is 14.9. The molecule has 1 aliphatic rings. The van der Waals surface area contributed by atoms with E-state index in [0.717, 1.165) is 31.7 Å². The first-order valence-corrected chi connectivity index (χ1v) is 9.02. The number of rotatable bonds is 4. The van der Waals surface area contributed by atoms with Gasteiger partial charge in [0.15, 0.2) is 0 Å². The van der Waals surface area contributed by atoms with Gasteiger partial charge in [-0.25, -0.2) is 0 Å². The van der Waals surface area contributed by atoms with Gasteiger partial charge in [0.25, 0.3) is 5.91 Å². The first-order valence-electron chi connectivity index (χ1n) is 9.02. The number of hydrogen-bond donors (Lipinski definition) is 1. The summed E-state index contributed by atoms with van der Waals surface area (Å²) in [7, 11) is 0. The van der Waals surface area contributed by atoms with Crippen LogP contribution in [0.5, 0.6) is 0 Å². The van der Waals surface area contributed by atoms with Gasteiger partial charge in [-0.05, 0) is 47.4 Å². The molecular formula is C23H22N2O. The lowest BCUT2D eigenvalue weighted by Crippen LogP contribution is -2.30. The van der Waals surface area contributed by atoms with Crippen LogP contribution in [0.3, 0.4) is 0 Å². The molecule has 0 saturated carbocycles. The highest BCUT2D eigenvalue weighted by Gasteiger charge is 2.16. The molecule has 0 fully saturated rings. The maximum absolute atomic E-state index is 12.5. The Morgan fingerprint density at radius 3 is 2.50 bits per heavy atom. The fourth-order valence-corrected chi connectivity index (χ4v) is 3.48. The number of nitrogens with one attached hydrogen (secondary N) is 1. The lowest BCUT2D eigenvalue weighted by molar-refractivity contribution is 0.102. The number of nitrogens with zero attached hydrogens (tertiary/aromatic N) is 1. The second-order valence-corrected chi connectivity index (χ2v) is 6.75. The van der Waals surface area contributed by atoms with Gasteiger partial charge in [-0.2, -0.15) is 0 Å². The van der Waals surface area contributed by atoms with Gasteiger partial charge in [0.2, 0.25) is 0 Å². The van der Waals surface area contributed by atoms with Gasteiger partial charge in [-0.3, -0.25) is 9.69 Å². The van der Waals surface area contributed by atoms with Crippen molar-refractivity contribution in [2.75, 3.05) is 11.9 Å². The Bertz CT molecular complexity index is 905. The van der Waals surface area contributed by atoms with E-state index < -0.39 is 0 Å². The maximum atomic E-state index is 12.5. The summed E-state index contributed by atoms with van der Waals surface area (Å²) in [6.45, 7) is 2.88. The number of carbonyl (C=O) groups is 1. The van der Waals surface area contributed by atoms with Gasteiger partial charge < -0.3 is 5.32 Å². The standard InChI is InChI=1S/C23H22N2O/c26-23(24-22-11-2-1-3-12-22)20-10-6-7-18(15-20)16-25-14-13-19-8-4-5-9-21(19)17-25/h1-12,15H,13-14,16-17H2,(H,24,26). The molecule has 4 rings (SSSR count). The fraction of sp³-hybridized carbons (Fsp3) is 0.174. The fourth-order valence-electron chi connectivity index (χ4n) is 3.48. The van der Waals surface area contributed by atoms with Crippen LogP contribution < -0.4 is 5.32 Å². The van der Waals surface area contributed by atoms with Crippen LogP contribution in [0.15, 0.2) is 78.9 Å². The summed E-state index contributed by atoms with van der Waals surface area (Å²) in [6.07, 6.45) is 1.09. The molecule has 0 saturated heterocycles. The first kappa shape index (κ1) is 16.6. The Morgan fingerprint density at radius 2 is 1.65 bits per heavy atom. The predicted octanol–water partition coefficient (Wildman–Crippen LogP) is 4.50. The summed E-state index contributed by atoms with van der Waals surface area (Å²) in [5.41, 5.74) is 5.56. The SMILES string of the molecule is O=C(Nc1ccccc1)c1cccc(CN2CCc3ccccc3C2)c1. The molecule has 0 atom stereocenters. The number of carbonyl (C=O) groups excluding carboxylic acids is 1. The van der Waals surface area contributed by atoms with Crippen LogP contribution in [0.25, 0.3) is 0 Å². The lowest BCUT2D eigenvalue weighted by atomic mass is 9.99. The summed E-state index contributed by atoms with van der Waals surface area (Å²) in [5, 5.41) is 2.95. The largest absolute Gasteiger partial charge is 0.322 e. The average Bonchev–Trinajstić information content (AvgIpc) is 2.69. The summed E-state index contributed by atoms with van der Waals surface area (Å²) in [6, 6.07) is 26.2. The Kier molecular flexibility index (Phi) is 4.80. The van der Waals surface area contributed by atoms with Crippen LogP contribution in [0.4, 0.5) is 5.69 Å². The number of para-hydroxylation sites is 1. The normalized spacial score (nSPS) is 13.8. The molecule has 1 heterocycles. The topological polar surface area (TPSA) is 32.3 Å². The average molecular weight is 342 g/mol. The minimum atomic E-state index is -0.0676. The molecule has 0 spiro atoms. The van der Waals surface area contributed by atoms with Crippen molar-refractivity contribution in [1.29, 1.82) is 0 Å².